The van der Waals surface area contributed by atoms with Crippen LogP contribution in [0.25, 0.3) is 0 Å². The number of allylic oxidation sites excluding steroid dienone is 2. The number of unbranched alkanes of at least 4 members (excludes halogenated alkanes) is 1. The number of aliphatic hydroxyl groups is 3. The van der Waals surface area contributed by atoms with Crippen LogP contribution in [0.15, 0.2) is 34.2 Å². The summed E-state index contributed by atoms with van der Waals surface area (Å²) in [7, 11) is -5.70. The van der Waals surface area contributed by atoms with Crippen molar-refractivity contribution in [3.05, 3.63) is 44.6 Å². The van der Waals surface area contributed by atoms with Crippen LogP contribution in [0.4, 0.5) is 13.2 Å². The lowest BCUT2D eigenvalue weighted by molar-refractivity contribution is -0.120. The van der Waals surface area contributed by atoms with E-state index in [1.807, 2.05) is 6.92 Å². The minimum atomic E-state index is -5.70. The lowest BCUT2D eigenvalue weighted by Crippen LogP contribution is -2.40. The number of halogens is 4. The molecule has 0 saturated heterocycles. The highest BCUT2D eigenvalue weighted by Gasteiger charge is 2.46. The molecule has 1 fully saturated rings. The van der Waals surface area contributed by atoms with Crippen LogP contribution in [-0.2, 0) is 21.2 Å². The van der Waals surface area contributed by atoms with Crippen LogP contribution in [0.1, 0.15) is 49.0 Å². The smallest absolute Gasteiger partial charge is 0.393 e. The molecular weight excluding hydrogens is 587 g/mol. The minimum absolute atomic E-state index is 0.140. The van der Waals surface area contributed by atoms with E-state index in [0.717, 1.165) is 18.9 Å². The second-order valence-electron chi connectivity index (χ2n) is 8.85. The summed E-state index contributed by atoms with van der Waals surface area (Å²) in [5.74, 6) is -1.87. The standard InChI is InChI=1S/C23H31BrF3NO6S2/c1-14-12-16(35-22(14)24)10-8-15(29)9-11-18-17(19(30)13-20(18)31)6-4-2-3-5-7-21(32)28-36(33,34)23(25,26)27/h2,4,9,11-12,15,17-20,29-31H,3,5-8,10,13H2,1H3,(H,28,32)/b4-2+,11-9+/t15-,17+,18+,19-,20+/m0/s1. The first-order valence-corrected chi connectivity index (χ1v) is 14.5. The van der Waals surface area contributed by atoms with Gasteiger partial charge in [-0.15, -0.1) is 11.3 Å². The average Bonchev–Trinajstić information content (AvgIpc) is 3.22. The van der Waals surface area contributed by atoms with Gasteiger partial charge in [-0.05, 0) is 72.5 Å². The lowest BCUT2D eigenvalue weighted by Gasteiger charge is -2.19. The molecule has 0 spiro atoms. The number of carbonyl (C=O) groups is 1. The van der Waals surface area contributed by atoms with Crippen LogP contribution in [0.3, 0.4) is 0 Å². The highest BCUT2D eigenvalue weighted by atomic mass is 79.9. The molecule has 204 valence electrons. The molecule has 0 unspecified atom stereocenters. The van der Waals surface area contributed by atoms with Gasteiger partial charge in [-0.2, -0.15) is 21.6 Å². The Morgan fingerprint density at radius 2 is 2.00 bits per heavy atom. The molecule has 1 saturated carbocycles. The molecule has 5 atom stereocenters. The highest BCUT2D eigenvalue weighted by Crippen LogP contribution is 2.36. The number of thiophene rings is 1. The molecule has 1 aliphatic rings. The van der Waals surface area contributed by atoms with Gasteiger partial charge in [-0.1, -0.05) is 24.3 Å². The van der Waals surface area contributed by atoms with Crippen LogP contribution >= 0.6 is 27.3 Å². The van der Waals surface area contributed by atoms with E-state index in [1.54, 1.807) is 35.6 Å². The molecule has 0 aliphatic heterocycles. The molecular formula is C23H31BrF3NO6S2. The van der Waals surface area contributed by atoms with Crippen LogP contribution in [-0.4, -0.2) is 53.5 Å². The van der Waals surface area contributed by atoms with E-state index in [-0.39, 0.29) is 24.7 Å². The van der Waals surface area contributed by atoms with Gasteiger partial charge >= 0.3 is 15.5 Å². The Balaban J connectivity index is 1.78. The van der Waals surface area contributed by atoms with Gasteiger partial charge in [0.1, 0.15) is 0 Å². The van der Waals surface area contributed by atoms with Crippen LogP contribution < -0.4 is 4.72 Å². The Morgan fingerprint density at radius 1 is 1.31 bits per heavy atom. The molecule has 1 heterocycles. The zero-order valence-corrected chi connectivity index (χ0v) is 22.8. The van der Waals surface area contributed by atoms with Crippen molar-refractivity contribution in [2.45, 2.75) is 75.7 Å². The fourth-order valence-corrected chi connectivity index (χ4v) is 6.17. The second-order valence-corrected chi connectivity index (χ2v) is 13.0. The van der Waals surface area contributed by atoms with Gasteiger partial charge in [-0.3, -0.25) is 4.79 Å². The minimum Gasteiger partial charge on any atom is -0.393 e. The van der Waals surface area contributed by atoms with E-state index in [2.05, 4.69) is 22.0 Å². The van der Waals surface area contributed by atoms with Crippen molar-refractivity contribution >= 4 is 43.2 Å². The largest absolute Gasteiger partial charge is 0.516 e. The zero-order valence-electron chi connectivity index (χ0n) is 19.6. The molecule has 0 aromatic carbocycles. The first-order chi connectivity index (χ1) is 16.7. The van der Waals surface area contributed by atoms with Gasteiger partial charge in [0.05, 0.1) is 22.1 Å². The summed E-state index contributed by atoms with van der Waals surface area (Å²) in [6, 6.07) is 2.07. The van der Waals surface area contributed by atoms with Crippen molar-refractivity contribution in [1.82, 2.24) is 4.72 Å². The van der Waals surface area contributed by atoms with Gasteiger partial charge in [0.25, 0.3) is 0 Å². The molecule has 0 bridgehead atoms. The molecule has 1 aromatic heterocycles. The summed E-state index contributed by atoms with van der Waals surface area (Å²) < 4.78 is 60.7. The lowest BCUT2D eigenvalue weighted by atomic mass is 9.89. The summed E-state index contributed by atoms with van der Waals surface area (Å²) in [6.45, 7) is 2.00. The number of sulfonamides is 1. The van der Waals surface area contributed by atoms with Crippen molar-refractivity contribution in [3.8, 4) is 0 Å². The normalized spacial score (nSPS) is 24.1. The second kappa shape index (κ2) is 13.5. The first-order valence-electron chi connectivity index (χ1n) is 11.5. The number of alkyl halides is 3. The molecule has 36 heavy (non-hydrogen) atoms. The third-order valence-corrected chi connectivity index (χ3v) is 9.27. The molecule has 0 radical (unpaired) electrons. The van der Waals surface area contributed by atoms with Gasteiger partial charge in [0.2, 0.25) is 5.91 Å². The van der Waals surface area contributed by atoms with Crippen LogP contribution in [0.5, 0.6) is 0 Å². The third kappa shape index (κ3) is 9.25. The Hall–Kier alpha value is -1.25. The zero-order chi connectivity index (χ0) is 27.1. The fourth-order valence-electron chi connectivity index (χ4n) is 4.01. The molecule has 1 amide bonds. The summed E-state index contributed by atoms with van der Waals surface area (Å²) >= 11 is 5.11. The monoisotopic (exact) mass is 617 g/mol. The van der Waals surface area contributed by atoms with Crippen molar-refractivity contribution < 1.29 is 41.7 Å². The SMILES string of the molecule is Cc1cc(CC[C@H](O)/C=C/[C@@H]2[C@@H](C/C=C/CCCC(=O)NS(=O)(=O)C(F)(F)F)[C@@H](O)C[C@H]2O)sc1Br. The fraction of sp³-hybridized carbons (Fsp3) is 0.609. The van der Waals surface area contributed by atoms with Gasteiger partial charge in [-0.25, -0.2) is 4.72 Å². The van der Waals surface area contributed by atoms with E-state index in [9.17, 15) is 41.7 Å². The summed E-state index contributed by atoms with van der Waals surface area (Å²) in [5.41, 5.74) is -4.40. The topological polar surface area (TPSA) is 124 Å². The maximum absolute atomic E-state index is 12.3. The maximum Gasteiger partial charge on any atom is 0.516 e. The predicted molar refractivity (Wildman–Crippen MR) is 135 cm³/mol. The molecule has 1 aromatic rings. The Labute approximate surface area is 221 Å². The van der Waals surface area contributed by atoms with Crippen LogP contribution in [0.2, 0.25) is 0 Å². The van der Waals surface area contributed by atoms with Crippen molar-refractivity contribution in [3.63, 3.8) is 0 Å². The molecule has 1 aliphatic carbocycles. The van der Waals surface area contributed by atoms with E-state index in [1.165, 1.54) is 0 Å². The third-order valence-electron chi connectivity index (χ3n) is 5.97. The number of aryl methyl sites for hydroxylation is 2. The quantitative estimate of drug-likeness (QED) is 0.207. The van der Waals surface area contributed by atoms with Gasteiger partial charge in [0.15, 0.2) is 0 Å². The van der Waals surface area contributed by atoms with E-state index in [4.69, 9.17) is 0 Å². The molecule has 4 N–H and O–H groups in total. The Morgan fingerprint density at radius 3 is 2.61 bits per heavy atom. The number of hydrogen-bond acceptors (Lipinski definition) is 7. The average molecular weight is 619 g/mol. The van der Waals surface area contributed by atoms with Crippen molar-refractivity contribution in [2.75, 3.05) is 0 Å². The Kier molecular flexibility index (Phi) is 11.6. The summed E-state index contributed by atoms with van der Waals surface area (Å²) in [6.07, 6.45) is 6.58. The maximum atomic E-state index is 12.3. The number of hydrogen-bond donors (Lipinski definition) is 4. The Bertz CT molecular complexity index is 1020. The van der Waals surface area contributed by atoms with E-state index < -0.39 is 46.2 Å². The highest BCUT2D eigenvalue weighted by molar-refractivity contribution is 9.11. The summed E-state index contributed by atoms with van der Waals surface area (Å²) in [5, 5.41) is 31.0. The summed E-state index contributed by atoms with van der Waals surface area (Å²) in [4.78, 5) is 12.6. The molecule has 2 rings (SSSR count). The number of nitrogens with one attached hydrogen (secondary N) is 1. The number of aliphatic hydroxyl groups excluding tert-OH is 3. The number of amides is 1. The van der Waals surface area contributed by atoms with Crippen LogP contribution in [0, 0.1) is 18.8 Å². The predicted octanol–water partition coefficient (Wildman–Crippen LogP) is 4.11. The van der Waals surface area contributed by atoms with Gasteiger partial charge < -0.3 is 15.3 Å². The van der Waals surface area contributed by atoms with E-state index in [0.29, 0.717) is 25.7 Å². The van der Waals surface area contributed by atoms with E-state index >= 15 is 0 Å². The number of rotatable bonds is 12. The first kappa shape index (κ1) is 31.0. The van der Waals surface area contributed by atoms with Gasteiger partial charge in [0, 0.05) is 23.6 Å². The molecule has 13 heteroatoms. The number of carbonyl (C=O) groups excluding carboxylic acids is 1. The molecule has 7 nitrogen and oxygen atoms in total. The van der Waals surface area contributed by atoms with Crippen molar-refractivity contribution in [2.24, 2.45) is 11.8 Å². The van der Waals surface area contributed by atoms with Crippen molar-refractivity contribution in [1.29, 1.82) is 0 Å².